The SMILES string of the molecule is COCC(COC)OC(=O)OCOP(=O)(OCOC(=O)OC(COC)COC)OCC1(CF)OC(n2ccc(=O)[nH]c2=O)C(C)(O)C1O. The highest BCUT2D eigenvalue weighted by Gasteiger charge is 2.63. The molecule has 1 aromatic rings. The molecule has 276 valence electrons. The maximum Gasteiger partial charge on any atom is 0.510 e. The number of nitrogens with one attached hydrogen (secondary N) is 1. The summed E-state index contributed by atoms with van der Waals surface area (Å²) in [6, 6.07) is 0.907. The first kappa shape index (κ1) is 41.2. The number of methoxy groups -OCH3 is 4. The van der Waals surface area contributed by atoms with Crippen molar-refractivity contribution < 1.29 is 85.0 Å². The van der Waals surface area contributed by atoms with Crippen molar-refractivity contribution in [2.24, 2.45) is 0 Å². The highest BCUT2D eigenvalue weighted by Crippen LogP contribution is 2.52. The van der Waals surface area contributed by atoms with Gasteiger partial charge in [0, 0.05) is 40.7 Å². The van der Waals surface area contributed by atoms with Gasteiger partial charge in [-0.2, -0.15) is 0 Å². The van der Waals surface area contributed by atoms with Crippen LogP contribution < -0.4 is 11.2 Å². The number of ether oxygens (including phenoxy) is 9. The largest absolute Gasteiger partial charge is 0.510 e. The average molecular weight is 723 g/mol. The van der Waals surface area contributed by atoms with E-state index in [9.17, 15) is 38.3 Å². The Labute approximate surface area is 272 Å². The van der Waals surface area contributed by atoms with Crippen molar-refractivity contribution >= 4 is 20.1 Å². The van der Waals surface area contributed by atoms with Gasteiger partial charge >= 0.3 is 25.8 Å². The summed E-state index contributed by atoms with van der Waals surface area (Å²) in [5.74, 6) is 0. The van der Waals surface area contributed by atoms with Gasteiger partial charge in [0.2, 0.25) is 13.6 Å². The number of hydrogen-bond donors (Lipinski definition) is 3. The maximum absolute atomic E-state index is 14.6. The van der Waals surface area contributed by atoms with Crippen LogP contribution in [0.1, 0.15) is 13.2 Å². The molecule has 3 N–H and O–H groups in total. The second-order valence-electron chi connectivity index (χ2n) is 10.1. The van der Waals surface area contributed by atoms with Gasteiger partial charge in [-0.05, 0) is 6.92 Å². The molecule has 1 fully saturated rings. The van der Waals surface area contributed by atoms with Crippen molar-refractivity contribution in [2.75, 3.05) is 81.7 Å². The molecule has 2 rings (SSSR count). The smallest absolute Gasteiger partial charge is 0.426 e. The monoisotopic (exact) mass is 722 g/mol. The lowest BCUT2D eigenvalue weighted by Crippen LogP contribution is -2.53. The van der Waals surface area contributed by atoms with E-state index in [2.05, 4.69) is 0 Å². The summed E-state index contributed by atoms with van der Waals surface area (Å²) in [6.07, 6.45) is -7.49. The van der Waals surface area contributed by atoms with Crippen molar-refractivity contribution in [3.63, 3.8) is 0 Å². The normalized spacial score (nSPS) is 22.6. The molecule has 21 nitrogen and oxygen atoms in total. The molecule has 4 unspecified atom stereocenters. The number of carbonyl (C=O) groups is 2. The molecule has 0 amide bonds. The number of halogens is 1. The summed E-state index contributed by atoms with van der Waals surface area (Å²) in [5.41, 5.74) is -6.79. The zero-order valence-electron chi connectivity index (χ0n) is 26.7. The van der Waals surface area contributed by atoms with Gasteiger partial charge in [-0.3, -0.25) is 18.9 Å². The van der Waals surface area contributed by atoms with Crippen molar-refractivity contribution in [2.45, 2.75) is 42.7 Å². The van der Waals surface area contributed by atoms with Gasteiger partial charge in [-0.15, -0.1) is 0 Å². The zero-order valence-corrected chi connectivity index (χ0v) is 27.6. The molecule has 23 heteroatoms. The number of nitrogens with zero attached hydrogens (tertiary/aromatic N) is 1. The van der Waals surface area contributed by atoms with Crippen LogP contribution in [0, 0.1) is 0 Å². The van der Waals surface area contributed by atoms with Crippen LogP contribution in [0.25, 0.3) is 0 Å². The lowest BCUT2D eigenvalue weighted by atomic mass is 9.88. The third-order valence-corrected chi connectivity index (χ3v) is 7.70. The molecule has 0 aliphatic carbocycles. The van der Waals surface area contributed by atoms with Crippen molar-refractivity contribution in [3.05, 3.63) is 33.1 Å². The molecule has 0 bridgehead atoms. The standard InChI is InChI=1S/C25H40FN2O19P/c1-24(34)19(30)25(12-26,47-20(24)28-7-6-18(29)27-21(28)31)13-42-48(35,43-14-40-22(32)45-16(8-36-2)9-37-3)44-15-41-23(33)46-17(10-38-4)11-39-5/h6-7,16-17,19-20,30,34H,8-15H2,1-5H3,(H,27,29,31). The number of aliphatic hydroxyl groups excluding tert-OH is 1. The van der Waals surface area contributed by atoms with Gasteiger partial charge in [-0.1, -0.05) is 0 Å². The Kier molecular flexibility index (Phi) is 16.5. The summed E-state index contributed by atoms with van der Waals surface area (Å²) >= 11 is 0. The molecular weight excluding hydrogens is 682 g/mol. The molecule has 0 spiro atoms. The number of aromatic amines is 1. The number of aliphatic hydroxyl groups is 2. The van der Waals surface area contributed by atoms with Crippen LogP contribution in [0.5, 0.6) is 0 Å². The molecule has 1 aromatic heterocycles. The second-order valence-corrected chi connectivity index (χ2v) is 11.8. The maximum atomic E-state index is 14.6. The van der Waals surface area contributed by atoms with Crippen molar-refractivity contribution in [3.8, 4) is 0 Å². The van der Waals surface area contributed by atoms with Crippen molar-refractivity contribution in [1.29, 1.82) is 0 Å². The van der Waals surface area contributed by atoms with E-state index in [4.69, 9.17) is 56.2 Å². The van der Waals surface area contributed by atoms with Gasteiger partial charge in [0.15, 0.2) is 24.0 Å². The quantitative estimate of drug-likeness (QED) is 0.0827. The van der Waals surface area contributed by atoms with E-state index in [1.807, 2.05) is 4.98 Å². The molecule has 48 heavy (non-hydrogen) atoms. The third-order valence-electron chi connectivity index (χ3n) is 6.41. The molecule has 4 atom stereocenters. The Morgan fingerprint density at radius 3 is 1.85 bits per heavy atom. The van der Waals surface area contributed by atoms with E-state index < -0.39 is 94.0 Å². The number of aromatic nitrogens is 2. The summed E-state index contributed by atoms with van der Waals surface area (Å²) in [4.78, 5) is 50.0. The van der Waals surface area contributed by atoms with Crippen LogP contribution in [0.15, 0.2) is 21.9 Å². The molecule has 1 saturated heterocycles. The Morgan fingerprint density at radius 1 is 0.958 bits per heavy atom. The van der Waals surface area contributed by atoms with Gasteiger partial charge in [0.1, 0.15) is 18.4 Å². The highest BCUT2D eigenvalue weighted by molar-refractivity contribution is 7.48. The van der Waals surface area contributed by atoms with Gasteiger partial charge in [-0.25, -0.2) is 32.4 Å². The van der Waals surface area contributed by atoms with Gasteiger partial charge in [0.05, 0.1) is 33.0 Å². The first-order valence-electron chi connectivity index (χ1n) is 13.8. The predicted octanol–water partition coefficient (Wildman–Crippen LogP) is -0.412. The fourth-order valence-corrected chi connectivity index (χ4v) is 5.14. The number of rotatable bonds is 21. The van der Waals surface area contributed by atoms with Gasteiger partial charge < -0.3 is 52.8 Å². The molecular formula is C25H40FN2O19P. The van der Waals surface area contributed by atoms with Crippen molar-refractivity contribution in [1.82, 2.24) is 9.55 Å². The summed E-state index contributed by atoms with van der Waals surface area (Å²) in [7, 11) is 0.311. The Hall–Kier alpha value is -3.02. The number of carbonyl (C=O) groups excluding carboxylic acids is 2. The number of phosphoric ester groups is 1. The van der Waals surface area contributed by atoms with E-state index in [1.54, 1.807) is 0 Å². The molecule has 0 saturated carbocycles. The fourth-order valence-electron chi connectivity index (χ4n) is 4.17. The van der Waals surface area contributed by atoms with E-state index >= 15 is 0 Å². The Balaban J connectivity index is 2.21. The summed E-state index contributed by atoms with van der Waals surface area (Å²) < 4.78 is 88.4. The molecule has 0 radical (unpaired) electrons. The van der Waals surface area contributed by atoms with Crippen LogP contribution in [0.2, 0.25) is 0 Å². The van der Waals surface area contributed by atoms with E-state index in [1.165, 1.54) is 28.4 Å². The van der Waals surface area contributed by atoms with E-state index in [-0.39, 0.29) is 26.4 Å². The average Bonchev–Trinajstić information content (AvgIpc) is 3.21. The van der Waals surface area contributed by atoms with Gasteiger partial charge in [0.25, 0.3) is 5.56 Å². The van der Waals surface area contributed by atoms with Crippen LogP contribution in [0.4, 0.5) is 14.0 Å². The third kappa shape index (κ3) is 11.6. The van der Waals surface area contributed by atoms with E-state index in [0.29, 0.717) is 4.57 Å². The van der Waals surface area contributed by atoms with Crippen LogP contribution in [-0.2, 0) is 60.8 Å². The molecule has 2 heterocycles. The topological polar surface area (TPSA) is 257 Å². The summed E-state index contributed by atoms with van der Waals surface area (Å²) in [6.45, 7) is -4.42. The summed E-state index contributed by atoms with van der Waals surface area (Å²) in [5, 5.41) is 21.9. The van der Waals surface area contributed by atoms with Crippen LogP contribution in [-0.4, -0.2) is 143 Å². The number of phosphoric acid groups is 1. The number of hydrogen-bond acceptors (Lipinski definition) is 19. The fraction of sp³-hybridized carbons (Fsp3) is 0.760. The van der Waals surface area contributed by atoms with Crippen LogP contribution >= 0.6 is 7.82 Å². The lowest BCUT2D eigenvalue weighted by molar-refractivity contribution is -0.142. The molecule has 1 aliphatic rings. The van der Waals surface area contributed by atoms with E-state index in [0.717, 1.165) is 19.2 Å². The van der Waals surface area contributed by atoms with Crippen LogP contribution in [0.3, 0.4) is 0 Å². The minimum Gasteiger partial charge on any atom is -0.426 e. The molecule has 0 aromatic carbocycles. The zero-order chi connectivity index (χ0) is 36.0. The second kappa shape index (κ2) is 19.2. The Morgan fingerprint density at radius 2 is 1.44 bits per heavy atom. The number of alkyl halides is 1. The molecule has 1 aliphatic heterocycles. The minimum absolute atomic E-state index is 0.0683. The first-order valence-corrected chi connectivity index (χ1v) is 15.3. The number of H-pyrrole nitrogens is 1. The lowest BCUT2D eigenvalue weighted by Gasteiger charge is -2.31. The highest BCUT2D eigenvalue weighted by atomic mass is 31.2. The predicted molar refractivity (Wildman–Crippen MR) is 152 cm³/mol. The Bertz CT molecular complexity index is 1270. The minimum atomic E-state index is -5.06. The first-order chi connectivity index (χ1) is 22.7.